The van der Waals surface area contributed by atoms with Crippen LogP contribution in [0.2, 0.25) is 0 Å². The maximum absolute atomic E-state index is 12.0. The van der Waals surface area contributed by atoms with Gasteiger partial charge in [-0.3, -0.25) is 0 Å². The predicted octanol–water partition coefficient (Wildman–Crippen LogP) is 1.81. The summed E-state index contributed by atoms with van der Waals surface area (Å²) in [6.07, 6.45) is 5.30. The summed E-state index contributed by atoms with van der Waals surface area (Å²) in [6, 6.07) is 0. The Morgan fingerprint density at radius 3 is 2.89 bits per heavy atom. The molecular formula is C11H18BrN3O2S. The fourth-order valence-electron chi connectivity index (χ4n) is 2.16. The van der Waals surface area contributed by atoms with E-state index in [1.54, 1.807) is 0 Å². The molecule has 0 spiro atoms. The quantitative estimate of drug-likeness (QED) is 0.806. The number of H-pyrrole nitrogens is 1. The third-order valence-electron chi connectivity index (χ3n) is 3.27. The van der Waals surface area contributed by atoms with E-state index < -0.39 is 10.0 Å². The number of rotatable bonds is 5. The average molecular weight is 336 g/mol. The first-order valence-corrected chi connectivity index (χ1v) is 8.58. The van der Waals surface area contributed by atoms with Gasteiger partial charge in [-0.2, -0.15) is 0 Å². The number of imidazole rings is 1. The van der Waals surface area contributed by atoms with Crippen LogP contribution in [-0.2, 0) is 16.4 Å². The van der Waals surface area contributed by atoms with Crippen LogP contribution >= 0.6 is 15.9 Å². The van der Waals surface area contributed by atoms with Crippen molar-refractivity contribution < 1.29 is 8.42 Å². The number of sulfonamides is 1. The maximum Gasteiger partial charge on any atom is 0.257 e. The first-order chi connectivity index (χ1) is 8.51. The van der Waals surface area contributed by atoms with Gasteiger partial charge in [0.25, 0.3) is 10.0 Å². The molecule has 1 aromatic rings. The second-order valence-corrected chi connectivity index (χ2v) is 7.71. The van der Waals surface area contributed by atoms with Crippen molar-refractivity contribution >= 4 is 26.0 Å². The Balaban J connectivity index is 1.95. The Labute approximate surface area is 116 Å². The highest BCUT2D eigenvalue weighted by molar-refractivity contribution is 9.09. The van der Waals surface area contributed by atoms with E-state index in [0.717, 1.165) is 19.3 Å². The van der Waals surface area contributed by atoms with Crippen LogP contribution in [0.25, 0.3) is 0 Å². The van der Waals surface area contributed by atoms with E-state index in [-0.39, 0.29) is 5.03 Å². The summed E-state index contributed by atoms with van der Waals surface area (Å²) in [5.41, 5.74) is 0. The zero-order valence-corrected chi connectivity index (χ0v) is 12.7. The standard InChI is InChI=1S/C11H18BrN3O2S/c1-2-10-13-7-11(15-10)18(16,17)14-6-8-3-4-9(12)5-8/h7-9,14H,2-6H2,1H3,(H,13,15). The molecule has 2 rings (SSSR count). The predicted molar refractivity (Wildman–Crippen MR) is 73.2 cm³/mol. The largest absolute Gasteiger partial charge is 0.332 e. The number of alkyl halides is 1. The van der Waals surface area contributed by atoms with E-state index in [4.69, 9.17) is 0 Å². The Bertz CT molecular complexity index is 500. The van der Waals surface area contributed by atoms with Gasteiger partial charge in [-0.05, 0) is 25.2 Å². The molecule has 2 N–H and O–H groups in total. The molecular weight excluding hydrogens is 318 g/mol. The Morgan fingerprint density at radius 2 is 2.33 bits per heavy atom. The number of nitrogens with one attached hydrogen (secondary N) is 2. The van der Waals surface area contributed by atoms with Gasteiger partial charge in [0.05, 0.1) is 6.20 Å². The first-order valence-electron chi connectivity index (χ1n) is 6.19. The van der Waals surface area contributed by atoms with Crippen LogP contribution in [0.4, 0.5) is 0 Å². The number of nitrogens with zero attached hydrogens (tertiary/aromatic N) is 1. The molecule has 102 valence electrons. The van der Waals surface area contributed by atoms with Crippen molar-refractivity contribution in [2.24, 2.45) is 5.92 Å². The van der Waals surface area contributed by atoms with E-state index in [0.29, 0.717) is 29.5 Å². The number of aryl methyl sites for hydroxylation is 1. The van der Waals surface area contributed by atoms with Gasteiger partial charge in [0, 0.05) is 17.8 Å². The van der Waals surface area contributed by atoms with Crippen molar-refractivity contribution in [2.45, 2.75) is 42.5 Å². The molecule has 0 aliphatic heterocycles. The van der Waals surface area contributed by atoms with Gasteiger partial charge in [-0.15, -0.1) is 0 Å². The number of aromatic amines is 1. The number of halogens is 1. The van der Waals surface area contributed by atoms with Crippen LogP contribution in [0.5, 0.6) is 0 Å². The zero-order chi connectivity index (χ0) is 13.2. The molecule has 0 amide bonds. The highest BCUT2D eigenvalue weighted by atomic mass is 79.9. The van der Waals surface area contributed by atoms with Crippen molar-refractivity contribution in [3.63, 3.8) is 0 Å². The fraction of sp³-hybridized carbons (Fsp3) is 0.727. The topological polar surface area (TPSA) is 74.8 Å². The van der Waals surface area contributed by atoms with E-state index in [1.165, 1.54) is 6.20 Å². The normalized spacial score (nSPS) is 24.6. The van der Waals surface area contributed by atoms with Crippen molar-refractivity contribution in [1.29, 1.82) is 0 Å². The zero-order valence-electron chi connectivity index (χ0n) is 10.3. The lowest BCUT2D eigenvalue weighted by molar-refractivity contribution is 0.519. The molecule has 5 nitrogen and oxygen atoms in total. The third kappa shape index (κ3) is 3.33. The highest BCUT2D eigenvalue weighted by Gasteiger charge is 2.25. The van der Waals surface area contributed by atoms with Crippen LogP contribution in [0.1, 0.15) is 32.0 Å². The number of aromatic nitrogens is 2. The number of hydrogen-bond acceptors (Lipinski definition) is 3. The second kappa shape index (κ2) is 5.71. The molecule has 1 aliphatic rings. The van der Waals surface area contributed by atoms with Crippen LogP contribution < -0.4 is 4.72 Å². The molecule has 0 aromatic carbocycles. The summed E-state index contributed by atoms with van der Waals surface area (Å²) in [5.74, 6) is 1.12. The van der Waals surface area contributed by atoms with Crippen molar-refractivity contribution in [2.75, 3.05) is 6.54 Å². The SMILES string of the molecule is CCc1ncc(S(=O)(=O)NCC2CCC(Br)C2)[nH]1. The molecule has 0 bridgehead atoms. The molecule has 0 radical (unpaired) electrons. The molecule has 2 unspecified atom stereocenters. The van der Waals surface area contributed by atoms with Crippen LogP contribution in [0.3, 0.4) is 0 Å². The summed E-state index contributed by atoms with van der Waals surface area (Å²) in [6.45, 7) is 2.43. The van der Waals surface area contributed by atoms with E-state index in [9.17, 15) is 8.42 Å². The van der Waals surface area contributed by atoms with E-state index >= 15 is 0 Å². The smallest absolute Gasteiger partial charge is 0.257 e. The third-order valence-corrected chi connectivity index (χ3v) is 5.43. The van der Waals surface area contributed by atoms with Crippen molar-refractivity contribution in [3.8, 4) is 0 Å². The van der Waals surface area contributed by atoms with Gasteiger partial charge >= 0.3 is 0 Å². The van der Waals surface area contributed by atoms with Crippen LogP contribution in [0.15, 0.2) is 11.2 Å². The summed E-state index contributed by atoms with van der Waals surface area (Å²) in [5, 5.41) is 0.160. The van der Waals surface area contributed by atoms with Crippen molar-refractivity contribution in [1.82, 2.24) is 14.7 Å². The van der Waals surface area contributed by atoms with Gasteiger partial charge in [0.1, 0.15) is 5.82 Å². The first kappa shape index (κ1) is 14.0. The molecule has 1 saturated carbocycles. The minimum Gasteiger partial charge on any atom is -0.332 e. The van der Waals surface area contributed by atoms with Gasteiger partial charge in [-0.25, -0.2) is 18.1 Å². The Hall–Kier alpha value is -0.400. The summed E-state index contributed by atoms with van der Waals surface area (Å²) in [7, 11) is -3.44. The summed E-state index contributed by atoms with van der Waals surface area (Å²) in [4.78, 5) is 7.36. The van der Waals surface area contributed by atoms with Crippen LogP contribution in [-0.4, -0.2) is 29.8 Å². The second-order valence-electron chi connectivity index (χ2n) is 4.68. The molecule has 2 atom stereocenters. The minimum absolute atomic E-state index is 0.160. The fourth-order valence-corrected chi connectivity index (χ4v) is 4.01. The monoisotopic (exact) mass is 335 g/mol. The molecule has 18 heavy (non-hydrogen) atoms. The van der Waals surface area contributed by atoms with E-state index in [2.05, 4.69) is 30.6 Å². The minimum atomic E-state index is -3.44. The number of hydrogen-bond donors (Lipinski definition) is 2. The summed E-state index contributed by atoms with van der Waals surface area (Å²) < 4.78 is 26.7. The Kier molecular flexibility index (Phi) is 4.45. The van der Waals surface area contributed by atoms with Gasteiger partial charge < -0.3 is 4.98 Å². The lowest BCUT2D eigenvalue weighted by atomic mass is 10.1. The van der Waals surface area contributed by atoms with Crippen molar-refractivity contribution in [3.05, 3.63) is 12.0 Å². The molecule has 1 aromatic heterocycles. The van der Waals surface area contributed by atoms with Gasteiger partial charge in [0.2, 0.25) is 0 Å². The van der Waals surface area contributed by atoms with Crippen LogP contribution in [0, 0.1) is 5.92 Å². The van der Waals surface area contributed by atoms with Gasteiger partial charge in [-0.1, -0.05) is 22.9 Å². The molecule has 0 saturated heterocycles. The molecule has 1 aliphatic carbocycles. The maximum atomic E-state index is 12.0. The van der Waals surface area contributed by atoms with Gasteiger partial charge in [0.15, 0.2) is 5.03 Å². The Morgan fingerprint density at radius 1 is 1.56 bits per heavy atom. The lowest BCUT2D eigenvalue weighted by Crippen LogP contribution is -2.29. The molecule has 1 fully saturated rings. The summed E-state index contributed by atoms with van der Waals surface area (Å²) >= 11 is 3.56. The highest BCUT2D eigenvalue weighted by Crippen LogP contribution is 2.30. The van der Waals surface area contributed by atoms with E-state index in [1.807, 2.05) is 6.92 Å². The molecule has 1 heterocycles. The molecule has 7 heteroatoms. The average Bonchev–Trinajstić information content (AvgIpc) is 2.95. The lowest BCUT2D eigenvalue weighted by Gasteiger charge is -2.10.